The van der Waals surface area contributed by atoms with E-state index in [9.17, 15) is 12.8 Å². The van der Waals surface area contributed by atoms with Gasteiger partial charge in [-0.25, -0.2) is 21.2 Å². The lowest BCUT2D eigenvalue weighted by Crippen LogP contribution is -2.12. The van der Waals surface area contributed by atoms with Crippen LogP contribution in [0.25, 0.3) is 22.2 Å². The number of ether oxygens (including phenoxy) is 1. The zero-order chi connectivity index (χ0) is 24.9. The summed E-state index contributed by atoms with van der Waals surface area (Å²) in [5.41, 5.74) is 2.43. The van der Waals surface area contributed by atoms with Crippen molar-refractivity contribution in [3.63, 3.8) is 0 Å². The lowest BCUT2D eigenvalue weighted by atomic mass is 10.1. The molecular formula is C25H18BrF2N3O3S. The largest absolute Gasteiger partial charge is 0.453 e. The summed E-state index contributed by atoms with van der Waals surface area (Å²) in [6, 6.07) is 13.1. The number of rotatable bonds is 5. The highest BCUT2D eigenvalue weighted by Gasteiger charge is 2.23. The molecule has 0 bridgehead atoms. The van der Waals surface area contributed by atoms with Gasteiger partial charge in [-0.3, -0.25) is 5.10 Å². The van der Waals surface area contributed by atoms with E-state index in [1.165, 1.54) is 36.5 Å². The van der Waals surface area contributed by atoms with Crippen LogP contribution in [0.15, 0.2) is 76.4 Å². The molecule has 0 saturated carbocycles. The lowest BCUT2D eigenvalue weighted by Gasteiger charge is -2.13. The SMILES string of the molecule is Cc1ccc(S(=O)(=O)n2ccc3c(Br)c(Oc4ccc(F)c(-c5n[nH]cc5C)c4)c(F)cc32)cc1. The van der Waals surface area contributed by atoms with Gasteiger partial charge >= 0.3 is 0 Å². The minimum Gasteiger partial charge on any atom is -0.453 e. The number of nitrogens with one attached hydrogen (secondary N) is 1. The van der Waals surface area contributed by atoms with Crippen molar-refractivity contribution in [2.45, 2.75) is 18.7 Å². The third-order valence-electron chi connectivity index (χ3n) is 5.63. The first-order valence-electron chi connectivity index (χ1n) is 10.5. The summed E-state index contributed by atoms with van der Waals surface area (Å²) in [6.07, 6.45) is 3.01. The Bertz CT molecular complexity index is 1690. The van der Waals surface area contributed by atoms with Crippen molar-refractivity contribution in [3.8, 4) is 22.8 Å². The molecular weight excluding hydrogens is 540 g/mol. The Hall–Kier alpha value is -3.50. The van der Waals surface area contributed by atoms with Crippen LogP contribution < -0.4 is 4.74 Å². The Morgan fingerprint density at radius 2 is 1.74 bits per heavy atom. The second-order valence-electron chi connectivity index (χ2n) is 8.02. The maximum atomic E-state index is 15.2. The predicted molar refractivity (Wildman–Crippen MR) is 132 cm³/mol. The molecule has 5 aromatic rings. The van der Waals surface area contributed by atoms with E-state index in [0.29, 0.717) is 11.1 Å². The fourth-order valence-corrected chi connectivity index (χ4v) is 5.73. The standard InChI is InChI=1S/C25H18BrF2N3O3S/c1-14-3-6-17(7-4-14)35(32,33)31-10-9-18-22(31)12-21(28)25(23(18)26)34-16-5-8-20(27)19(11-16)24-15(2)13-29-30-24/h3-13H,1-2H3,(H,29,30). The van der Waals surface area contributed by atoms with Gasteiger partial charge in [-0.15, -0.1) is 0 Å². The molecule has 178 valence electrons. The predicted octanol–water partition coefficient (Wildman–Crippen LogP) is 6.72. The number of nitrogens with zero attached hydrogens (tertiary/aromatic N) is 2. The minimum atomic E-state index is -3.95. The molecule has 0 fully saturated rings. The van der Waals surface area contributed by atoms with Gasteiger partial charge in [-0.2, -0.15) is 5.10 Å². The minimum absolute atomic E-state index is 0.0879. The summed E-state index contributed by atoms with van der Waals surface area (Å²) in [5, 5.41) is 7.18. The summed E-state index contributed by atoms with van der Waals surface area (Å²) in [5.74, 6) is -1.25. The van der Waals surface area contributed by atoms with Crippen molar-refractivity contribution < 1.29 is 21.9 Å². The lowest BCUT2D eigenvalue weighted by molar-refractivity contribution is 0.439. The van der Waals surface area contributed by atoms with E-state index in [4.69, 9.17) is 4.74 Å². The Labute approximate surface area is 208 Å². The van der Waals surface area contributed by atoms with Gasteiger partial charge in [0.15, 0.2) is 11.6 Å². The van der Waals surface area contributed by atoms with Crippen molar-refractivity contribution in [3.05, 3.63) is 94.2 Å². The van der Waals surface area contributed by atoms with E-state index < -0.39 is 21.7 Å². The molecule has 10 heteroatoms. The second-order valence-corrected chi connectivity index (χ2v) is 10.6. The van der Waals surface area contributed by atoms with Crippen molar-refractivity contribution in [1.82, 2.24) is 14.2 Å². The zero-order valence-corrected chi connectivity index (χ0v) is 20.9. The average molecular weight is 558 g/mol. The molecule has 0 aliphatic rings. The molecule has 0 radical (unpaired) electrons. The van der Waals surface area contributed by atoms with Crippen LogP contribution in [0.4, 0.5) is 8.78 Å². The van der Waals surface area contributed by atoms with Crippen LogP contribution in [-0.2, 0) is 10.0 Å². The fraction of sp³-hybridized carbons (Fsp3) is 0.0800. The molecule has 6 nitrogen and oxygen atoms in total. The Morgan fingerprint density at radius 3 is 2.43 bits per heavy atom. The van der Waals surface area contributed by atoms with Gasteiger partial charge in [0.1, 0.15) is 11.6 Å². The second kappa shape index (κ2) is 8.62. The highest BCUT2D eigenvalue weighted by molar-refractivity contribution is 9.10. The first kappa shape index (κ1) is 23.3. The summed E-state index contributed by atoms with van der Waals surface area (Å²) in [6.45, 7) is 3.64. The van der Waals surface area contributed by atoms with Crippen LogP contribution in [0.2, 0.25) is 0 Å². The highest BCUT2D eigenvalue weighted by atomic mass is 79.9. The quantitative estimate of drug-likeness (QED) is 0.260. The van der Waals surface area contributed by atoms with Crippen LogP contribution in [0.5, 0.6) is 11.5 Å². The van der Waals surface area contributed by atoms with Gasteiger partial charge < -0.3 is 4.74 Å². The molecule has 1 N–H and O–H groups in total. The molecule has 2 heterocycles. The van der Waals surface area contributed by atoms with Crippen molar-refractivity contribution in [2.24, 2.45) is 0 Å². The molecule has 35 heavy (non-hydrogen) atoms. The van der Waals surface area contributed by atoms with E-state index in [1.54, 1.807) is 31.3 Å². The van der Waals surface area contributed by atoms with E-state index in [2.05, 4.69) is 26.1 Å². The first-order valence-corrected chi connectivity index (χ1v) is 12.7. The van der Waals surface area contributed by atoms with Gasteiger partial charge in [0.05, 0.1) is 20.6 Å². The number of aryl methyl sites for hydroxylation is 2. The number of halogens is 3. The molecule has 3 aromatic carbocycles. The Kier molecular flexibility index (Phi) is 5.72. The smallest absolute Gasteiger partial charge is 0.268 e. The average Bonchev–Trinajstić information content (AvgIpc) is 3.44. The molecule has 0 unspecified atom stereocenters. The third kappa shape index (κ3) is 4.02. The Morgan fingerprint density at radius 1 is 1.00 bits per heavy atom. The maximum absolute atomic E-state index is 15.2. The summed E-state index contributed by atoms with van der Waals surface area (Å²) < 4.78 is 63.1. The van der Waals surface area contributed by atoms with E-state index in [1.807, 2.05) is 6.92 Å². The van der Waals surface area contributed by atoms with E-state index in [-0.39, 0.29) is 31.9 Å². The normalized spacial score (nSPS) is 11.8. The van der Waals surface area contributed by atoms with Crippen molar-refractivity contribution in [1.29, 1.82) is 0 Å². The molecule has 0 spiro atoms. The first-order chi connectivity index (χ1) is 16.7. The van der Waals surface area contributed by atoms with E-state index in [0.717, 1.165) is 21.2 Å². The van der Waals surface area contributed by atoms with Crippen LogP contribution in [0.1, 0.15) is 11.1 Å². The zero-order valence-electron chi connectivity index (χ0n) is 18.5. The molecule has 0 saturated heterocycles. The summed E-state index contributed by atoms with van der Waals surface area (Å²) >= 11 is 3.35. The third-order valence-corrected chi connectivity index (χ3v) is 8.12. The topological polar surface area (TPSA) is 77.0 Å². The molecule has 0 aliphatic heterocycles. The van der Waals surface area contributed by atoms with Crippen molar-refractivity contribution in [2.75, 3.05) is 0 Å². The van der Waals surface area contributed by atoms with Crippen LogP contribution in [-0.4, -0.2) is 22.6 Å². The molecule has 5 rings (SSSR count). The fourth-order valence-electron chi connectivity index (χ4n) is 3.78. The number of benzene rings is 3. The number of hydrogen-bond donors (Lipinski definition) is 1. The van der Waals surface area contributed by atoms with Gasteiger partial charge in [0, 0.05) is 29.4 Å². The van der Waals surface area contributed by atoms with E-state index >= 15 is 4.39 Å². The number of fused-ring (bicyclic) bond motifs is 1. The monoisotopic (exact) mass is 557 g/mol. The molecule has 2 aromatic heterocycles. The summed E-state index contributed by atoms with van der Waals surface area (Å²) in [7, 11) is -3.95. The maximum Gasteiger partial charge on any atom is 0.268 e. The number of H-pyrrole nitrogens is 1. The number of aromatic nitrogens is 3. The van der Waals surface area contributed by atoms with Gasteiger partial charge in [-0.05, 0) is 71.7 Å². The van der Waals surface area contributed by atoms with Crippen LogP contribution in [0.3, 0.4) is 0 Å². The number of hydrogen-bond acceptors (Lipinski definition) is 4. The van der Waals surface area contributed by atoms with Crippen LogP contribution >= 0.6 is 15.9 Å². The Balaban J connectivity index is 1.57. The van der Waals surface area contributed by atoms with Gasteiger partial charge in [-0.1, -0.05) is 17.7 Å². The molecule has 0 amide bonds. The van der Waals surface area contributed by atoms with Gasteiger partial charge in [0.25, 0.3) is 10.0 Å². The van der Waals surface area contributed by atoms with Gasteiger partial charge in [0.2, 0.25) is 0 Å². The summed E-state index contributed by atoms with van der Waals surface area (Å²) in [4.78, 5) is 0.0879. The molecule has 0 aliphatic carbocycles. The highest BCUT2D eigenvalue weighted by Crippen LogP contribution is 2.40. The van der Waals surface area contributed by atoms with Crippen molar-refractivity contribution >= 4 is 36.9 Å². The van der Waals surface area contributed by atoms with Crippen LogP contribution in [0, 0.1) is 25.5 Å². The molecule has 0 atom stereocenters. The number of aromatic amines is 1.